The third-order valence-electron chi connectivity index (χ3n) is 1.75. The predicted molar refractivity (Wildman–Crippen MR) is 56.4 cm³/mol. The van der Waals surface area contributed by atoms with Crippen molar-refractivity contribution in [3.8, 4) is 0 Å². The molecule has 0 saturated heterocycles. The van der Waals surface area contributed by atoms with Crippen molar-refractivity contribution in [2.75, 3.05) is 14.1 Å². The van der Waals surface area contributed by atoms with E-state index in [4.69, 9.17) is 0 Å². The predicted octanol–water partition coefficient (Wildman–Crippen LogP) is 0.0277. The summed E-state index contributed by atoms with van der Waals surface area (Å²) < 4.78 is 0.781. The summed E-state index contributed by atoms with van der Waals surface area (Å²) in [6.45, 7) is -0.485. The van der Waals surface area contributed by atoms with Gasteiger partial charge >= 0.3 is 11.5 Å². The first-order chi connectivity index (χ1) is 8.82. The van der Waals surface area contributed by atoms with Gasteiger partial charge in [-0.05, 0) is 4.92 Å². The number of hydrazine groups is 1. The lowest BCUT2D eigenvalue weighted by atomic mass is 10.5. The average Bonchev–Trinajstić information content (AvgIpc) is 2.73. The Morgan fingerprint density at radius 2 is 2.00 bits per heavy atom. The topological polar surface area (TPSA) is 155 Å². The van der Waals surface area contributed by atoms with E-state index in [9.17, 15) is 25.4 Å². The zero-order valence-corrected chi connectivity index (χ0v) is 9.86. The summed E-state index contributed by atoms with van der Waals surface area (Å²) in [6.07, 6.45) is 0.804. The lowest BCUT2D eigenvalue weighted by molar-refractivity contribution is -0.700. The van der Waals surface area contributed by atoms with Crippen LogP contribution in [0.15, 0.2) is 11.5 Å². The zero-order chi connectivity index (χ0) is 14.6. The molecule has 13 heteroatoms. The molecule has 0 aliphatic carbocycles. The van der Waals surface area contributed by atoms with Crippen molar-refractivity contribution in [1.29, 1.82) is 0 Å². The van der Waals surface area contributed by atoms with Crippen molar-refractivity contribution in [2.24, 2.45) is 5.28 Å². The first-order valence-corrected chi connectivity index (χ1v) is 4.66. The van der Waals surface area contributed by atoms with Crippen molar-refractivity contribution in [3.63, 3.8) is 0 Å². The molecule has 0 atom stereocenters. The second-order valence-corrected chi connectivity index (χ2v) is 3.33. The van der Waals surface area contributed by atoms with Crippen molar-refractivity contribution in [1.82, 2.24) is 14.8 Å². The van der Waals surface area contributed by atoms with Gasteiger partial charge < -0.3 is 20.2 Å². The van der Waals surface area contributed by atoms with Crippen molar-refractivity contribution in [2.45, 2.75) is 6.73 Å². The fourth-order valence-corrected chi connectivity index (χ4v) is 0.933. The van der Waals surface area contributed by atoms with Gasteiger partial charge in [-0.1, -0.05) is 0 Å². The van der Waals surface area contributed by atoms with Crippen LogP contribution in [0.1, 0.15) is 0 Å². The molecular weight excluding hydrogens is 266 g/mol. The summed E-state index contributed by atoms with van der Waals surface area (Å²) in [5, 5.41) is 39.4. The molecule has 13 nitrogen and oxygen atoms in total. The normalized spacial score (nSPS) is 11.2. The fraction of sp³-hybridized carbons (Fsp3) is 0.500. The van der Waals surface area contributed by atoms with Gasteiger partial charge in [-0.25, -0.2) is 0 Å². The Bertz CT molecular complexity index is 491. The highest BCUT2D eigenvalue weighted by atomic mass is 16.7. The minimum absolute atomic E-state index is 0.103. The van der Waals surface area contributed by atoms with E-state index in [2.05, 4.69) is 15.2 Å². The third-order valence-corrected chi connectivity index (χ3v) is 1.75. The van der Waals surface area contributed by atoms with E-state index in [1.165, 1.54) is 14.1 Å². The highest BCUT2D eigenvalue weighted by Gasteiger charge is 2.30. The molecule has 19 heavy (non-hydrogen) atoms. The first-order valence-electron chi connectivity index (χ1n) is 4.66. The van der Waals surface area contributed by atoms with Crippen LogP contribution in [0, 0.1) is 25.4 Å². The van der Waals surface area contributed by atoms with E-state index in [1.807, 2.05) is 0 Å². The first kappa shape index (κ1) is 14.1. The number of hydrogen-bond donors (Lipinski definition) is 0. The molecular formula is C6H9N7O6. The quantitative estimate of drug-likeness (QED) is 0.304. The fourth-order valence-electron chi connectivity index (χ4n) is 0.933. The van der Waals surface area contributed by atoms with E-state index >= 15 is 0 Å². The number of nitro groups is 2. The number of rotatable bonds is 6. The molecule has 104 valence electrons. The average molecular weight is 275 g/mol. The summed E-state index contributed by atoms with van der Waals surface area (Å²) in [7, 11) is 2.81. The Morgan fingerprint density at radius 3 is 2.42 bits per heavy atom. The van der Waals surface area contributed by atoms with Crippen LogP contribution in [0.5, 0.6) is 0 Å². The van der Waals surface area contributed by atoms with Crippen molar-refractivity contribution < 1.29 is 19.7 Å². The molecule has 0 saturated carbocycles. The summed E-state index contributed by atoms with van der Waals surface area (Å²) in [5.41, 5.74) is -0.778. The molecule has 0 aliphatic heterocycles. The van der Waals surface area contributed by atoms with Crippen LogP contribution in [0.4, 0.5) is 11.5 Å². The molecule has 0 bridgehead atoms. The second kappa shape index (κ2) is 5.56. The van der Waals surface area contributed by atoms with E-state index in [0.717, 1.165) is 15.9 Å². The summed E-state index contributed by atoms with van der Waals surface area (Å²) in [6, 6.07) is 0. The Hall–Kier alpha value is -2.99. The van der Waals surface area contributed by atoms with Gasteiger partial charge in [-0.2, -0.15) is 5.01 Å². The highest BCUT2D eigenvalue weighted by Crippen LogP contribution is 2.23. The molecule has 0 N–H and O–H groups in total. The molecule has 1 aromatic rings. The van der Waals surface area contributed by atoms with Gasteiger partial charge in [0.2, 0.25) is 12.0 Å². The molecule has 0 amide bonds. The maximum atomic E-state index is 10.9. The van der Waals surface area contributed by atoms with Gasteiger partial charge in [-0.3, -0.25) is 10.1 Å². The van der Waals surface area contributed by atoms with Crippen LogP contribution in [-0.2, 0) is 11.6 Å². The standard InChI is InChI=1S/C6H9N7O6/c1-9(2)13(18)8-19-4-10-3-5(11(14)15)6(7-10)12(16)17/h3H,4H2,1-2H3. The second-order valence-electron chi connectivity index (χ2n) is 3.33. The van der Waals surface area contributed by atoms with E-state index in [1.54, 1.807) is 0 Å². The molecule has 0 spiro atoms. The maximum absolute atomic E-state index is 10.9. The monoisotopic (exact) mass is 275 g/mol. The van der Waals surface area contributed by atoms with Gasteiger partial charge in [0.25, 0.3) is 0 Å². The summed E-state index contributed by atoms with van der Waals surface area (Å²) >= 11 is 0. The Kier molecular flexibility index (Phi) is 4.12. The molecule has 0 unspecified atom stereocenters. The largest absolute Gasteiger partial charge is 0.569 e. The van der Waals surface area contributed by atoms with Gasteiger partial charge in [-0.15, -0.1) is 4.68 Å². The van der Waals surface area contributed by atoms with Crippen molar-refractivity contribution in [3.05, 3.63) is 31.6 Å². The Balaban J connectivity index is 2.81. The lowest BCUT2D eigenvalue weighted by Gasteiger charge is -2.04. The molecule has 0 radical (unpaired) electrons. The van der Waals surface area contributed by atoms with Crippen LogP contribution < -0.4 is 0 Å². The van der Waals surface area contributed by atoms with Crippen LogP contribution in [0.25, 0.3) is 0 Å². The lowest BCUT2D eigenvalue weighted by Crippen LogP contribution is -2.21. The molecule has 1 heterocycles. The van der Waals surface area contributed by atoms with Crippen molar-refractivity contribution >= 4 is 11.5 Å². The minimum Gasteiger partial charge on any atom is -0.569 e. The number of nitrogens with zero attached hydrogens (tertiary/aromatic N) is 7. The minimum atomic E-state index is -0.995. The molecule has 1 aromatic heterocycles. The zero-order valence-electron chi connectivity index (χ0n) is 9.86. The van der Waals surface area contributed by atoms with Crippen LogP contribution >= 0.6 is 0 Å². The van der Waals surface area contributed by atoms with Gasteiger partial charge in [0.05, 0.1) is 29.1 Å². The van der Waals surface area contributed by atoms with E-state index in [0.29, 0.717) is 0 Å². The van der Waals surface area contributed by atoms with E-state index < -0.39 is 28.1 Å². The SMILES string of the molecule is CN(C)[N+]([O-])=NOCn1cc([N+](=O)[O-])c([N+](=O)[O-])n1. The van der Waals surface area contributed by atoms with E-state index in [-0.39, 0.29) is 4.97 Å². The Labute approximate surface area is 105 Å². The highest BCUT2D eigenvalue weighted by molar-refractivity contribution is 5.44. The molecule has 1 rings (SSSR count). The van der Waals surface area contributed by atoms with Crippen LogP contribution in [-0.4, -0.2) is 43.7 Å². The van der Waals surface area contributed by atoms with Gasteiger partial charge in [0.15, 0.2) is 0 Å². The third kappa shape index (κ3) is 3.48. The molecule has 0 aromatic carbocycles. The van der Waals surface area contributed by atoms with Gasteiger partial charge in [0.1, 0.15) is 6.20 Å². The van der Waals surface area contributed by atoms with Crippen LogP contribution in [0.2, 0.25) is 0 Å². The smallest absolute Gasteiger partial charge is 0.467 e. The summed E-state index contributed by atoms with van der Waals surface area (Å²) in [5.74, 6) is -0.916. The summed E-state index contributed by atoms with van der Waals surface area (Å²) in [4.78, 5) is 23.7. The molecule has 0 aliphatic rings. The number of aromatic nitrogens is 2. The maximum Gasteiger partial charge on any atom is 0.467 e. The Morgan fingerprint density at radius 1 is 1.37 bits per heavy atom. The van der Waals surface area contributed by atoms with Gasteiger partial charge in [0, 0.05) is 0 Å². The number of hydrogen-bond acceptors (Lipinski definition) is 8. The van der Waals surface area contributed by atoms with Crippen LogP contribution in [0.3, 0.4) is 0 Å². The molecule has 0 fully saturated rings.